The molecule has 3 aromatic rings. The Balaban J connectivity index is 1.49. The second kappa shape index (κ2) is 8.82. The molecule has 4 nitrogen and oxygen atoms in total. The van der Waals surface area contributed by atoms with Crippen molar-refractivity contribution in [3.63, 3.8) is 0 Å². The van der Waals surface area contributed by atoms with Crippen molar-refractivity contribution in [2.45, 2.75) is 5.75 Å². The van der Waals surface area contributed by atoms with E-state index in [9.17, 15) is 9.18 Å². The van der Waals surface area contributed by atoms with E-state index >= 15 is 0 Å². The zero-order valence-electron chi connectivity index (χ0n) is 14.1. The predicted octanol–water partition coefficient (Wildman–Crippen LogP) is 4.83. The summed E-state index contributed by atoms with van der Waals surface area (Å²) >= 11 is 3.04. The van der Waals surface area contributed by atoms with Crippen LogP contribution in [0.4, 0.5) is 10.1 Å². The van der Waals surface area contributed by atoms with Gasteiger partial charge >= 0.3 is 0 Å². The molecule has 0 unspecified atom stereocenters. The summed E-state index contributed by atoms with van der Waals surface area (Å²) in [6.45, 7) is 0. The lowest BCUT2D eigenvalue weighted by atomic mass is 10.2. The molecule has 26 heavy (non-hydrogen) atoms. The van der Waals surface area contributed by atoms with Crippen molar-refractivity contribution in [1.29, 1.82) is 0 Å². The van der Waals surface area contributed by atoms with Crippen molar-refractivity contribution in [3.05, 3.63) is 65.4 Å². The van der Waals surface area contributed by atoms with Crippen LogP contribution < -0.4 is 10.1 Å². The van der Waals surface area contributed by atoms with Crippen molar-refractivity contribution in [3.8, 4) is 16.3 Å². The van der Waals surface area contributed by atoms with Gasteiger partial charge in [0.1, 0.15) is 16.6 Å². The number of hydrogen-bond donors (Lipinski definition) is 1. The minimum absolute atomic E-state index is 0.161. The predicted molar refractivity (Wildman–Crippen MR) is 105 cm³/mol. The number of carbonyl (C=O) groups excluding carboxylic acids is 1. The molecule has 1 aromatic heterocycles. The average molecular weight is 388 g/mol. The summed E-state index contributed by atoms with van der Waals surface area (Å²) in [4.78, 5) is 16.5. The van der Waals surface area contributed by atoms with Crippen molar-refractivity contribution in [2.24, 2.45) is 0 Å². The lowest BCUT2D eigenvalue weighted by Crippen LogP contribution is -2.14. The van der Waals surface area contributed by atoms with Crippen molar-refractivity contribution >= 4 is 34.7 Å². The summed E-state index contributed by atoms with van der Waals surface area (Å²) in [6.07, 6.45) is 0. The molecule has 134 valence electrons. The van der Waals surface area contributed by atoms with E-state index in [1.54, 1.807) is 30.6 Å². The van der Waals surface area contributed by atoms with Crippen LogP contribution in [0.2, 0.25) is 0 Å². The normalized spacial score (nSPS) is 10.5. The average Bonchev–Trinajstić information content (AvgIpc) is 3.11. The van der Waals surface area contributed by atoms with Crippen molar-refractivity contribution < 1.29 is 13.9 Å². The standard InChI is InChI=1S/C19H17FN2O2S2/c1-24-17-7-5-13(6-8-17)19-22-16(11-26-19)10-25-12-18(23)21-15-4-2-3-14(20)9-15/h2-9,11H,10,12H2,1H3,(H,21,23). The Labute approximate surface area is 159 Å². The van der Waals surface area contributed by atoms with Crippen LogP contribution in [0.1, 0.15) is 5.69 Å². The first-order chi connectivity index (χ1) is 12.6. The van der Waals surface area contributed by atoms with E-state index in [4.69, 9.17) is 4.74 Å². The van der Waals surface area contributed by atoms with E-state index in [1.165, 1.54) is 23.9 Å². The van der Waals surface area contributed by atoms with Crippen LogP contribution in [-0.2, 0) is 10.5 Å². The van der Waals surface area contributed by atoms with Gasteiger partial charge in [-0.1, -0.05) is 6.07 Å². The summed E-state index contributed by atoms with van der Waals surface area (Å²) in [5.41, 5.74) is 2.44. The molecule has 1 amide bonds. The third-order valence-electron chi connectivity index (χ3n) is 3.48. The largest absolute Gasteiger partial charge is 0.497 e. The third-order valence-corrected chi connectivity index (χ3v) is 5.39. The van der Waals surface area contributed by atoms with Gasteiger partial charge in [0.15, 0.2) is 0 Å². The summed E-state index contributed by atoms with van der Waals surface area (Å²) in [6, 6.07) is 13.6. The summed E-state index contributed by atoms with van der Waals surface area (Å²) in [5, 5.41) is 5.62. The number of nitrogens with zero attached hydrogens (tertiary/aromatic N) is 1. The maximum Gasteiger partial charge on any atom is 0.234 e. The summed E-state index contributed by atoms with van der Waals surface area (Å²) in [5.74, 6) is 1.20. The second-order valence-corrected chi connectivity index (χ2v) is 7.27. The van der Waals surface area contributed by atoms with Gasteiger partial charge in [0.25, 0.3) is 0 Å². The fraction of sp³-hybridized carbons (Fsp3) is 0.158. The van der Waals surface area contributed by atoms with Crippen LogP contribution in [0.3, 0.4) is 0 Å². The van der Waals surface area contributed by atoms with E-state index in [0.717, 1.165) is 22.0 Å². The van der Waals surface area contributed by atoms with Gasteiger partial charge < -0.3 is 10.1 Å². The number of halogens is 1. The van der Waals surface area contributed by atoms with Gasteiger partial charge in [0.05, 0.1) is 18.6 Å². The van der Waals surface area contributed by atoms with Gasteiger partial charge in [0.2, 0.25) is 5.91 Å². The minimum Gasteiger partial charge on any atom is -0.497 e. The van der Waals surface area contributed by atoms with Gasteiger partial charge in [-0.25, -0.2) is 9.37 Å². The van der Waals surface area contributed by atoms with Gasteiger partial charge in [-0.2, -0.15) is 0 Å². The molecule has 0 radical (unpaired) electrons. The van der Waals surface area contributed by atoms with E-state index in [1.807, 2.05) is 29.6 Å². The quantitative estimate of drug-likeness (QED) is 0.630. The van der Waals surface area contributed by atoms with Crippen LogP contribution in [0.25, 0.3) is 10.6 Å². The molecule has 3 rings (SSSR count). The topological polar surface area (TPSA) is 51.2 Å². The molecule has 0 bridgehead atoms. The number of aromatic nitrogens is 1. The number of rotatable bonds is 7. The van der Waals surface area contributed by atoms with E-state index in [2.05, 4.69) is 10.3 Å². The number of thioether (sulfide) groups is 1. The van der Waals surface area contributed by atoms with E-state index in [0.29, 0.717) is 11.4 Å². The summed E-state index contributed by atoms with van der Waals surface area (Å²) in [7, 11) is 1.64. The number of amides is 1. The Morgan fingerprint density at radius 3 is 2.81 bits per heavy atom. The third kappa shape index (κ3) is 5.06. The van der Waals surface area contributed by atoms with E-state index < -0.39 is 0 Å². The first-order valence-corrected chi connectivity index (χ1v) is 9.89. The van der Waals surface area contributed by atoms with Crippen LogP contribution in [0.15, 0.2) is 53.9 Å². The SMILES string of the molecule is COc1ccc(-c2nc(CSCC(=O)Nc3cccc(F)c3)cs2)cc1. The Morgan fingerprint density at radius 1 is 1.27 bits per heavy atom. The first kappa shape index (κ1) is 18.4. The molecule has 1 heterocycles. The van der Waals surface area contributed by atoms with Crippen LogP contribution >= 0.6 is 23.1 Å². The molecule has 0 saturated carbocycles. The number of nitrogens with one attached hydrogen (secondary N) is 1. The van der Waals surface area contributed by atoms with Crippen LogP contribution in [0, 0.1) is 5.82 Å². The smallest absolute Gasteiger partial charge is 0.234 e. The highest BCUT2D eigenvalue weighted by Gasteiger charge is 2.08. The second-order valence-electron chi connectivity index (χ2n) is 5.42. The molecule has 0 aliphatic heterocycles. The molecule has 0 aliphatic carbocycles. The highest BCUT2D eigenvalue weighted by Crippen LogP contribution is 2.27. The Hall–Kier alpha value is -2.38. The molecular formula is C19H17FN2O2S2. The Kier molecular flexibility index (Phi) is 6.25. The molecule has 0 spiro atoms. The maximum absolute atomic E-state index is 13.1. The number of thiazole rings is 1. The lowest BCUT2D eigenvalue weighted by molar-refractivity contribution is -0.113. The molecule has 1 N–H and O–H groups in total. The van der Waals surface area contributed by atoms with Gasteiger partial charge in [0, 0.05) is 22.4 Å². The number of ether oxygens (including phenoxy) is 1. The van der Waals surface area contributed by atoms with Gasteiger partial charge in [-0.3, -0.25) is 4.79 Å². The van der Waals surface area contributed by atoms with Gasteiger partial charge in [-0.15, -0.1) is 23.1 Å². The number of methoxy groups -OCH3 is 1. The number of benzene rings is 2. The molecule has 0 aliphatic rings. The fourth-order valence-electron chi connectivity index (χ4n) is 2.25. The Bertz CT molecular complexity index is 881. The molecule has 0 fully saturated rings. The molecule has 2 aromatic carbocycles. The fourth-order valence-corrected chi connectivity index (χ4v) is 3.90. The number of carbonyl (C=O) groups is 1. The highest BCUT2D eigenvalue weighted by molar-refractivity contribution is 7.99. The Morgan fingerprint density at radius 2 is 2.08 bits per heavy atom. The number of hydrogen-bond acceptors (Lipinski definition) is 5. The molecule has 7 heteroatoms. The molecule has 0 atom stereocenters. The number of anilines is 1. The minimum atomic E-state index is -0.371. The highest BCUT2D eigenvalue weighted by atomic mass is 32.2. The summed E-state index contributed by atoms with van der Waals surface area (Å²) < 4.78 is 18.3. The van der Waals surface area contributed by atoms with Gasteiger partial charge in [-0.05, 0) is 42.5 Å². The maximum atomic E-state index is 13.1. The monoisotopic (exact) mass is 388 g/mol. The first-order valence-electron chi connectivity index (χ1n) is 7.86. The van der Waals surface area contributed by atoms with Crippen LogP contribution in [0.5, 0.6) is 5.75 Å². The van der Waals surface area contributed by atoms with Crippen molar-refractivity contribution in [2.75, 3.05) is 18.2 Å². The van der Waals surface area contributed by atoms with Crippen molar-refractivity contribution in [1.82, 2.24) is 4.98 Å². The molecule has 0 saturated heterocycles. The molecular weight excluding hydrogens is 371 g/mol. The van der Waals surface area contributed by atoms with Crippen LogP contribution in [-0.4, -0.2) is 23.8 Å². The lowest BCUT2D eigenvalue weighted by Gasteiger charge is -2.04. The zero-order valence-corrected chi connectivity index (χ0v) is 15.7. The van der Waals surface area contributed by atoms with E-state index in [-0.39, 0.29) is 17.5 Å². The zero-order chi connectivity index (χ0) is 18.4.